The van der Waals surface area contributed by atoms with Crippen LogP contribution in [0.1, 0.15) is 35.7 Å². The summed E-state index contributed by atoms with van der Waals surface area (Å²) in [5.74, 6) is -0.0489. The van der Waals surface area contributed by atoms with Gasteiger partial charge in [0.1, 0.15) is 0 Å². The van der Waals surface area contributed by atoms with E-state index in [0.29, 0.717) is 35.9 Å². The Balaban J connectivity index is 1.64. The van der Waals surface area contributed by atoms with Crippen LogP contribution in [0.2, 0.25) is 0 Å². The van der Waals surface area contributed by atoms with E-state index in [-0.39, 0.29) is 4.90 Å². The molecule has 2 heterocycles. The van der Waals surface area contributed by atoms with Gasteiger partial charge in [0.2, 0.25) is 10.0 Å². The molecule has 0 bridgehead atoms. The molecule has 1 aliphatic rings. The molecule has 1 atom stereocenters. The molecule has 2 aromatic carbocycles. The average molecular weight is 470 g/mol. The van der Waals surface area contributed by atoms with Crippen LogP contribution in [0.4, 0.5) is 0 Å². The number of piperidine rings is 1. The number of carbonyl (C=O) groups excluding carboxylic acids is 1. The van der Waals surface area contributed by atoms with Gasteiger partial charge in [-0.3, -0.25) is 4.79 Å². The topological polar surface area (TPSA) is 71.7 Å². The van der Waals surface area contributed by atoms with E-state index in [1.54, 1.807) is 22.5 Å². The summed E-state index contributed by atoms with van der Waals surface area (Å²) in [5, 5.41) is 0. The van der Waals surface area contributed by atoms with Gasteiger partial charge in [-0.2, -0.15) is 9.30 Å². The number of hydrogen-bond acceptors (Lipinski definition) is 4. The second kappa shape index (κ2) is 9.13. The molecule has 0 N–H and O–H groups in total. The Bertz CT molecular complexity index is 1340. The third kappa shape index (κ3) is 4.48. The lowest BCUT2D eigenvalue weighted by Crippen LogP contribution is -2.39. The van der Waals surface area contributed by atoms with Crippen molar-refractivity contribution in [2.24, 2.45) is 10.9 Å². The van der Waals surface area contributed by atoms with Gasteiger partial charge in [-0.1, -0.05) is 30.4 Å². The molecule has 168 valence electrons. The predicted molar refractivity (Wildman–Crippen MR) is 128 cm³/mol. The fourth-order valence-corrected chi connectivity index (χ4v) is 6.74. The number of allylic oxidation sites excluding steroid dienone is 1. The number of nitrogens with zero attached hydrogens (tertiary/aromatic N) is 3. The summed E-state index contributed by atoms with van der Waals surface area (Å²) in [6, 6.07) is 12.2. The smallest absolute Gasteiger partial charge is 0.279 e. The first-order valence-electron chi connectivity index (χ1n) is 10.7. The molecular weight excluding hydrogens is 442 g/mol. The Kier molecular flexibility index (Phi) is 6.46. The summed E-state index contributed by atoms with van der Waals surface area (Å²) in [7, 11) is -3.55. The third-order valence-corrected chi connectivity index (χ3v) is 8.63. The molecule has 1 saturated heterocycles. The summed E-state index contributed by atoms with van der Waals surface area (Å²) < 4.78 is 30.5. The minimum Gasteiger partial charge on any atom is -0.312 e. The Morgan fingerprint density at radius 2 is 2.00 bits per heavy atom. The summed E-state index contributed by atoms with van der Waals surface area (Å²) in [6.45, 7) is 9.52. The van der Waals surface area contributed by atoms with Crippen molar-refractivity contribution in [2.45, 2.75) is 38.1 Å². The summed E-state index contributed by atoms with van der Waals surface area (Å²) in [4.78, 5) is 18.0. The van der Waals surface area contributed by atoms with Crippen molar-refractivity contribution in [1.29, 1.82) is 0 Å². The summed E-state index contributed by atoms with van der Waals surface area (Å²) in [5.41, 5.74) is 2.50. The first kappa shape index (κ1) is 22.6. The van der Waals surface area contributed by atoms with Crippen molar-refractivity contribution in [3.8, 4) is 0 Å². The number of rotatable bonds is 5. The van der Waals surface area contributed by atoms with E-state index in [4.69, 9.17) is 0 Å². The van der Waals surface area contributed by atoms with Crippen molar-refractivity contribution < 1.29 is 13.2 Å². The molecule has 8 heteroatoms. The number of carbonyl (C=O) groups is 1. The van der Waals surface area contributed by atoms with Gasteiger partial charge in [-0.05, 0) is 67.6 Å². The van der Waals surface area contributed by atoms with E-state index in [2.05, 4.69) is 24.6 Å². The SMILES string of the molecule is C=CCn1c(=NC(=O)c2ccc(S(=O)(=O)N3CCCC(C)C3)cc2)sc2cc(C)ccc21. The number of fused-ring (bicyclic) bond motifs is 1. The maximum atomic E-state index is 13.0. The summed E-state index contributed by atoms with van der Waals surface area (Å²) in [6.07, 6.45) is 3.69. The van der Waals surface area contributed by atoms with Crippen LogP contribution in [0.3, 0.4) is 0 Å². The molecule has 32 heavy (non-hydrogen) atoms. The predicted octanol–water partition coefficient (Wildman–Crippen LogP) is 4.36. The molecule has 0 saturated carbocycles. The maximum Gasteiger partial charge on any atom is 0.279 e. The van der Waals surface area contributed by atoms with Gasteiger partial charge in [0.25, 0.3) is 5.91 Å². The molecule has 0 radical (unpaired) electrons. The van der Waals surface area contributed by atoms with Crippen LogP contribution in [-0.4, -0.2) is 36.3 Å². The molecule has 0 spiro atoms. The van der Waals surface area contributed by atoms with E-state index < -0.39 is 15.9 Å². The third-order valence-electron chi connectivity index (χ3n) is 5.71. The number of thiazole rings is 1. The minimum absolute atomic E-state index is 0.210. The second-order valence-corrected chi connectivity index (χ2v) is 11.3. The number of aryl methyl sites for hydroxylation is 1. The van der Waals surface area contributed by atoms with E-state index in [0.717, 1.165) is 28.6 Å². The number of hydrogen-bond donors (Lipinski definition) is 0. The molecule has 1 aromatic heterocycles. The number of aromatic nitrogens is 1. The van der Waals surface area contributed by atoms with Crippen LogP contribution in [0.15, 0.2) is 65.0 Å². The molecule has 4 rings (SSSR count). The monoisotopic (exact) mass is 469 g/mol. The lowest BCUT2D eigenvalue weighted by atomic mass is 10.0. The zero-order valence-corrected chi connectivity index (χ0v) is 20.0. The van der Waals surface area contributed by atoms with E-state index in [1.165, 1.54) is 23.5 Å². The molecular formula is C24H27N3O3S2. The molecule has 1 amide bonds. The van der Waals surface area contributed by atoms with Crippen LogP contribution in [0.5, 0.6) is 0 Å². The Morgan fingerprint density at radius 1 is 1.25 bits per heavy atom. The van der Waals surface area contributed by atoms with Crippen molar-refractivity contribution in [3.05, 3.63) is 71.0 Å². The zero-order valence-electron chi connectivity index (χ0n) is 18.3. The molecule has 1 fully saturated rings. The number of sulfonamides is 1. The van der Waals surface area contributed by atoms with Crippen LogP contribution in [0.25, 0.3) is 10.2 Å². The highest BCUT2D eigenvalue weighted by Gasteiger charge is 2.28. The van der Waals surface area contributed by atoms with Gasteiger partial charge in [0.05, 0.1) is 15.1 Å². The molecule has 1 aliphatic heterocycles. The van der Waals surface area contributed by atoms with E-state index >= 15 is 0 Å². The minimum atomic E-state index is -3.55. The van der Waals surface area contributed by atoms with E-state index in [9.17, 15) is 13.2 Å². The first-order chi connectivity index (χ1) is 15.3. The number of amides is 1. The van der Waals surface area contributed by atoms with Crippen LogP contribution >= 0.6 is 11.3 Å². The van der Waals surface area contributed by atoms with Gasteiger partial charge >= 0.3 is 0 Å². The highest BCUT2D eigenvalue weighted by molar-refractivity contribution is 7.89. The molecule has 6 nitrogen and oxygen atoms in total. The normalized spacial score (nSPS) is 18.2. The quantitative estimate of drug-likeness (QED) is 0.521. The highest BCUT2D eigenvalue weighted by Crippen LogP contribution is 2.24. The summed E-state index contributed by atoms with van der Waals surface area (Å²) >= 11 is 1.45. The fraction of sp³-hybridized carbons (Fsp3) is 0.333. The average Bonchev–Trinajstić information content (AvgIpc) is 3.10. The Labute approximate surface area is 192 Å². The van der Waals surface area contributed by atoms with Crippen LogP contribution in [-0.2, 0) is 16.6 Å². The van der Waals surface area contributed by atoms with Crippen LogP contribution < -0.4 is 4.80 Å². The number of benzene rings is 2. The van der Waals surface area contributed by atoms with E-state index in [1.807, 2.05) is 23.6 Å². The lowest BCUT2D eigenvalue weighted by Gasteiger charge is -2.30. The molecule has 3 aromatic rings. The maximum absolute atomic E-state index is 13.0. The zero-order chi connectivity index (χ0) is 22.9. The molecule has 0 aliphatic carbocycles. The highest BCUT2D eigenvalue weighted by atomic mass is 32.2. The van der Waals surface area contributed by atoms with Gasteiger partial charge in [-0.15, -0.1) is 6.58 Å². The van der Waals surface area contributed by atoms with Crippen molar-refractivity contribution in [2.75, 3.05) is 13.1 Å². The Morgan fingerprint density at radius 3 is 2.69 bits per heavy atom. The second-order valence-electron chi connectivity index (χ2n) is 8.31. The first-order valence-corrected chi connectivity index (χ1v) is 13.0. The van der Waals surface area contributed by atoms with Crippen molar-refractivity contribution >= 4 is 37.5 Å². The lowest BCUT2D eigenvalue weighted by molar-refractivity contribution is 0.0997. The van der Waals surface area contributed by atoms with Gasteiger partial charge in [0.15, 0.2) is 4.80 Å². The molecule has 1 unspecified atom stereocenters. The van der Waals surface area contributed by atoms with Crippen molar-refractivity contribution in [3.63, 3.8) is 0 Å². The van der Waals surface area contributed by atoms with Crippen molar-refractivity contribution in [1.82, 2.24) is 8.87 Å². The largest absolute Gasteiger partial charge is 0.312 e. The van der Waals surface area contributed by atoms with Gasteiger partial charge < -0.3 is 4.57 Å². The van der Waals surface area contributed by atoms with Gasteiger partial charge in [0, 0.05) is 25.2 Å². The Hall–Kier alpha value is -2.55. The van der Waals surface area contributed by atoms with Crippen LogP contribution in [0, 0.1) is 12.8 Å². The fourth-order valence-electron chi connectivity index (χ4n) is 4.01. The van der Waals surface area contributed by atoms with Gasteiger partial charge in [-0.25, -0.2) is 8.42 Å². The standard InChI is InChI=1S/C24H27N3O3S2/c1-4-13-27-21-12-7-17(2)15-22(21)31-24(27)25-23(28)19-8-10-20(11-9-19)32(29,30)26-14-5-6-18(3)16-26/h4,7-12,15,18H,1,5-6,13-14,16H2,2-3H3.